The summed E-state index contributed by atoms with van der Waals surface area (Å²) >= 11 is 3.53. The lowest BCUT2D eigenvalue weighted by atomic mass is 9.51. The molecule has 0 amide bonds. The molecule has 0 bridgehead atoms. The minimum Gasteiger partial charge on any atom is -0.327 e. The predicted molar refractivity (Wildman–Crippen MR) is 67.8 cm³/mol. The highest BCUT2D eigenvalue weighted by Crippen LogP contribution is 2.55. The number of benzene rings is 1. The van der Waals surface area contributed by atoms with E-state index < -0.39 is 0 Å². The van der Waals surface area contributed by atoms with Gasteiger partial charge in [-0.25, -0.2) is 0 Å². The van der Waals surface area contributed by atoms with Gasteiger partial charge in [0.2, 0.25) is 0 Å². The van der Waals surface area contributed by atoms with Gasteiger partial charge in [-0.05, 0) is 34.9 Å². The zero-order chi connectivity index (χ0) is 11.2. The van der Waals surface area contributed by atoms with Crippen molar-refractivity contribution in [3.05, 3.63) is 34.3 Å². The summed E-state index contributed by atoms with van der Waals surface area (Å²) < 4.78 is 1.16. The Morgan fingerprint density at radius 1 is 1.33 bits per heavy atom. The van der Waals surface area contributed by atoms with Crippen LogP contribution in [-0.2, 0) is 0 Å². The maximum Gasteiger partial charge on any atom is 0.0178 e. The van der Waals surface area contributed by atoms with E-state index in [-0.39, 0.29) is 5.41 Å². The Bertz CT molecular complexity index is 373. The second kappa shape index (κ2) is 3.60. The van der Waals surface area contributed by atoms with E-state index in [4.69, 9.17) is 5.73 Å². The molecule has 2 heteroatoms. The summed E-state index contributed by atoms with van der Waals surface area (Å²) in [5.41, 5.74) is 7.78. The van der Waals surface area contributed by atoms with E-state index in [0.29, 0.717) is 17.9 Å². The minimum absolute atomic E-state index is 0.222. The summed E-state index contributed by atoms with van der Waals surface area (Å²) in [6.45, 7) is 6.79. The van der Waals surface area contributed by atoms with Gasteiger partial charge in [0.15, 0.2) is 0 Å². The quantitative estimate of drug-likeness (QED) is 0.828. The van der Waals surface area contributed by atoms with Crippen LogP contribution in [0.4, 0.5) is 0 Å². The monoisotopic (exact) mass is 267 g/mol. The van der Waals surface area contributed by atoms with Gasteiger partial charge < -0.3 is 5.73 Å². The van der Waals surface area contributed by atoms with Crippen LogP contribution in [0.2, 0.25) is 0 Å². The first kappa shape index (κ1) is 11.2. The number of nitrogens with two attached hydrogens (primary N) is 1. The lowest BCUT2D eigenvalue weighted by Crippen LogP contribution is -2.59. The van der Waals surface area contributed by atoms with Gasteiger partial charge in [-0.3, -0.25) is 0 Å². The van der Waals surface area contributed by atoms with E-state index >= 15 is 0 Å². The molecule has 0 saturated heterocycles. The second-order valence-corrected chi connectivity index (χ2v) is 6.15. The van der Waals surface area contributed by atoms with E-state index in [0.717, 1.165) is 4.47 Å². The molecule has 15 heavy (non-hydrogen) atoms. The van der Waals surface area contributed by atoms with Gasteiger partial charge in [0.1, 0.15) is 0 Å². The molecule has 1 saturated carbocycles. The van der Waals surface area contributed by atoms with Crippen molar-refractivity contribution in [3.8, 4) is 0 Å². The number of hydrogen-bond acceptors (Lipinski definition) is 1. The highest BCUT2D eigenvalue weighted by Gasteiger charge is 2.52. The standard InChI is InChI=1S/C13H18BrN/c1-8-11(13(2,3)12(8)15)9-5-4-6-10(14)7-9/h4-8,11-12H,15H2,1-3H3. The molecule has 82 valence electrons. The molecule has 0 aliphatic heterocycles. The molecule has 0 radical (unpaired) electrons. The van der Waals surface area contributed by atoms with Crippen LogP contribution < -0.4 is 5.73 Å². The summed E-state index contributed by atoms with van der Waals surface area (Å²) in [4.78, 5) is 0. The van der Waals surface area contributed by atoms with Crippen LogP contribution in [0.5, 0.6) is 0 Å². The van der Waals surface area contributed by atoms with Crippen molar-refractivity contribution in [2.45, 2.75) is 32.7 Å². The first-order chi connectivity index (χ1) is 6.94. The van der Waals surface area contributed by atoms with Crippen molar-refractivity contribution < 1.29 is 0 Å². The fourth-order valence-electron chi connectivity index (χ4n) is 3.08. The highest BCUT2D eigenvalue weighted by atomic mass is 79.9. The van der Waals surface area contributed by atoms with E-state index in [2.05, 4.69) is 61.0 Å². The molecule has 1 aromatic rings. The summed E-state index contributed by atoms with van der Waals surface area (Å²) in [5.74, 6) is 1.17. The van der Waals surface area contributed by atoms with Gasteiger partial charge in [-0.15, -0.1) is 0 Å². The average Bonchev–Trinajstić information content (AvgIpc) is 2.17. The van der Waals surface area contributed by atoms with Crippen LogP contribution in [0.25, 0.3) is 0 Å². The van der Waals surface area contributed by atoms with Gasteiger partial charge in [0, 0.05) is 10.5 Å². The third kappa shape index (κ3) is 1.64. The van der Waals surface area contributed by atoms with Crippen molar-refractivity contribution in [1.29, 1.82) is 0 Å². The van der Waals surface area contributed by atoms with Gasteiger partial charge in [0.05, 0.1) is 0 Å². The summed E-state index contributed by atoms with van der Waals surface area (Å²) in [7, 11) is 0. The summed E-state index contributed by atoms with van der Waals surface area (Å²) in [5, 5.41) is 0. The molecule has 0 heterocycles. The maximum absolute atomic E-state index is 6.15. The first-order valence-corrected chi connectivity index (χ1v) is 6.25. The normalized spacial score (nSPS) is 33.5. The van der Waals surface area contributed by atoms with Gasteiger partial charge in [-0.1, -0.05) is 48.8 Å². The number of halogens is 1. The van der Waals surface area contributed by atoms with E-state index in [1.54, 1.807) is 0 Å². The Balaban J connectivity index is 2.33. The van der Waals surface area contributed by atoms with Crippen LogP contribution >= 0.6 is 15.9 Å². The molecule has 3 atom stereocenters. The Morgan fingerprint density at radius 2 is 2.00 bits per heavy atom. The molecular formula is C13H18BrN. The Kier molecular flexibility index (Phi) is 2.68. The molecule has 1 aromatic carbocycles. The van der Waals surface area contributed by atoms with Crippen LogP contribution in [0.1, 0.15) is 32.3 Å². The largest absolute Gasteiger partial charge is 0.327 e. The van der Waals surface area contributed by atoms with Crippen molar-refractivity contribution in [3.63, 3.8) is 0 Å². The lowest BCUT2D eigenvalue weighted by Gasteiger charge is -2.56. The van der Waals surface area contributed by atoms with Crippen LogP contribution in [-0.4, -0.2) is 6.04 Å². The van der Waals surface area contributed by atoms with E-state index in [1.165, 1.54) is 5.56 Å². The lowest BCUT2D eigenvalue weighted by molar-refractivity contribution is 0.0255. The third-order valence-corrected chi connectivity index (χ3v) is 4.45. The number of rotatable bonds is 1. The van der Waals surface area contributed by atoms with Gasteiger partial charge in [0.25, 0.3) is 0 Å². The molecule has 1 nitrogen and oxygen atoms in total. The molecule has 2 N–H and O–H groups in total. The fourth-order valence-corrected chi connectivity index (χ4v) is 3.50. The van der Waals surface area contributed by atoms with E-state index in [9.17, 15) is 0 Å². The fraction of sp³-hybridized carbons (Fsp3) is 0.538. The third-order valence-electron chi connectivity index (χ3n) is 3.96. The highest BCUT2D eigenvalue weighted by molar-refractivity contribution is 9.10. The summed E-state index contributed by atoms with van der Waals surface area (Å²) in [6.07, 6.45) is 0. The van der Waals surface area contributed by atoms with E-state index in [1.807, 2.05) is 0 Å². The van der Waals surface area contributed by atoms with Crippen molar-refractivity contribution in [1.82, 2.24) is 0 Å². The van der Waals surface area contributed by atoms with Crippen molar-refractivity contribution in [2.75, 3.05) is 0 Å². The molecule has 1 fully saturated rings. The maximum atomic E-state index is 6.15. The topological polar surface area (TPSA) is 26.0 Å². The molecule has 3 unspecified atom stereocenters. The van der Waals surface area contributed by atoms with Gasteiger partial charge >= 0.3 is 0 Å². The predicted octanol–water partition coefficient (Wildman–Crippen LogP) is 3.54. The Hall–Kier alpha value is -0.340. The molecular weight excluding hydrogens is 250 g/mol. The smallest absolute Gasteiger partial charge is 0.0178 e. The molecule has 0 aromatic heterocycles. The number of hydrogen-bond donors (Lipinski definition) is 1. The Labute approximate surface area is 100 Å². The second-order valence-electron chi connectivity index (χ2n) is 5.24. The molecule has 2 rings (SSSR count). The summed E-state index contributed by atoms with van der Waals surface area (Å²) in [6, 6.07) is 8.92. The minimum atomic E-state index is 0.222. The SMILES string of the molecule is CC1C(N)C(C)(C)C1c1cccc(Br)c1. The van der Waals surface area contributed by atoms with Crippen LogP contribution in [0.3, 0.4) is 0 Å². The first-order valence-electron chi connectivity index (χ1n) is 5.45. The molecule has 1 aliphatic carbocycles. The van der Waals surface area contributed by atoms with Crippen LogP contribution in [0.15, 0.2) is 28.7 Å². The van der Waals surface area contributed by atoms with Gasteiger partial charge in [-0.2, -0.15) is 0 Å². The van der Waals surface area contributed by atoms with Crippen molar-refractivity contribution >= 4 is 15.9 Å². The Morgan fingerprint density at radius 3 is 2.53 bits per heavy atom. The van der Waals surface area contributed by atoms with Crippen molar-refractivity contribution in [2.24, 2.45) is 17.1 Å². The average molecular weight is 268 g/mol. The molecule has 1 aliphatic rings. The van der Waals surface area contributed by atoms with Crippen LogP contribution in [0, 0.1) is 11.3 Å². The molecule has 0 spiro atoms. The zero-order valence-corrected chi connectivity index (χ0v) is 11.1. The zero-order valence-electron chi connectivity index (χ0n) is 9.50.